The Hall–Kier alpha value is -1.62. The molecule has 0 saturated carbocycles. The zero-order valence-corrected chi connectivity index (χ0v) is 10.5. The third-order valence-corrected chi connectivity index (χ3v) is 2.56. The number of nitrogens with zero attached hydrogens (tertiary/aromatic N) is 3. The minimum absolute atomic E-state index is 0.132. The molecule has 0 spiro atoms. The largest absolute Gasteiger partial charge is 0.437 e. The molecule has 0 aliphatic rings. The summed E-state index contributed by atoms with van der Waals surface area (Å²) in [5, 5.41) is 7.61. The van der Waals surface area contributed by atoms with Crippen LogP contribution >= 0.6 is 0 Å². The normalized spacial score (nSPS) is 12.9. The molecule has 5 nitrogen and oxygen atoms in total. The van der Waals surface area contributed by atoms with E-state index in [1.807, 2.05) is 26.2 Å². The molecule has 17 heavy (non-hydrogen) atoms. The van der Waals surface area contributed by atoms with Crippen molar-refractivity contribution in [2.75, 3.05) is 6.54 Å². The molecule has 2 aromatic heterocycles. The maximum Gasteiger partial charge on any atom is 0.211 e. The molecule has 0 aliphatic heterocycles. The first-order valence-electron chi connectivity index (χ1n) is 5.90. The summed E-state index contributed by atoms with van der Waals surface area (Å²) in [7, 11) is 1.88. The minimum atomic E-state index is 0.132. The maximum atomic E-state index is 5.69. The van der Waals surface area contributed by atoms with Gasteiger partial charge < -0.3 is 9.73 Å². The van der Waals surface area contributed by atoms with E-state index in [2.05, 4.69) is 22.3 Å². The van der Waals surface area contributed by atoms with Crippen LogP contribution in [0.2, 0.25) is 0 Å². The highest BCUT2D eigenvalue weighted by molar-refractivity contribution is 5.49. The SMILES string of the molecule is CCCNC(C)c1ncc(-c2ccn(C)n2)o1. The van der Waals surface area contributed by atoms with Crippen molar-refractivity contribution in [2.45, 2.75) is 26.3 Å². The minimum Gasteiger partial charge on any atom is -0.437 e. The van der Waals surface area contributed by atoms with E-state index in [9.17, 15) is 0 Å². The third kappa shape index (κ3) is 2.74. The lowest BCUT2D eigenvalue weighted by Gasteiger charge is -2.08. The quantitative estimate of drug-likeness (QED) is 0.861. The van der Waals surface area contributed by atoms with Crippen LogP contribution < -0.4 is 5.32 Å². The van der Waals surface area contributed by atoms with Crippen LogP contribution in [0.4, 0.5) is 0 Å². The van der Waals surface area contributed by atoms with Gasteiger partial charge in [0.15, 0.2) is 5.76 Å². The van der Waals surface area contributed by atoms with E-state index in [-0.39, 0.29) is 6.04 Å². The lowest BCUT2D eigenvalue weighted by molar-refractivity contribution is 0.422. The third-order valence-electron chi connectivity index (χ3n) is 2.56. The molecule has 1 atom stereocenters. The molecule has 0 aliphatic carbocycles. The Balaban J connectivity index is 2.10. The van der Waals surface area contributed by atoms with E-state index < -0.39 is 0 Å². The van der Waals surface area contributed by atoms with Gasteiger partial charge in [-0.25, -0.2) is 4.98 Å². The molecule has 92 valence electrons. The topological polar surface area (TPSA) is 55.9 Å². The molecule has 2 heterocycles. The summed E-state index contributed by atoms with van der Waals surface area (Å²) < 4.78 is 7.44. The van der Waals surface area contributed by atoms with Crippen LogP contribution in [-0.2, 0) is 7.05 Å². The van der Waals surface area contributed by atoms with E-state index in [0.717, 1.165) is 18.7 Å². The van der Waals surface area contributed by atoms with Gasteiger partial charge in [-0.2, -0.15) is 5.10 Å². The van der Waals surface area contributed by atoms with Crippen molar-refractivity contribution >= 4 is 0 Å². The van der Waals surface area contributed by atoms with Gasteiger partial charge in [-0.1, -0.05) is 6.92 Å². The number of hydrogen-bond donors (Lipinski definition) is 1. The van der Waals surface area contributed by atoms with Crippen molar-refractivity contribution in [3.63, 3.8) is 0 Å². The van der Waals surface area contributed by atoms with Crippen molar-refractivity contribution in [3.05, 3.63) is 24.4 Å². The van der Waals surface area contributed by atoms with E-state index in [0.29, 0.717) is 11.7 Å². The number of nitrogens with one attached hydrogen (secondary N) is 1. The molecular weight excluding hydrogens is 216 g/mol. The fourth-order valence-corrected chi connectivity index (χ4v) is 1.60. The van der Waals surface area contributed by atoms with Crippen molar-refractivity contribution in [1.29, 1.82) is 0 Å². The Morgan fingerprint density at radius 2 is 2.35 bits per heavy atom. The second-order valence-corrected chi connectivity index (χ2v) is 4.11. The summed E-state index contributed by atoms with van der Waals surface area (Å²) in [6.07, 6.45) is 4.70. The van der Waals surface area contributed by atoms with Crippen LogP contribution in [0.25, 0.3) is 11.5 Å². The highest BCUT2D eigenvalue weighted by Gasteiger charge is 2.13. The first kappa shape index (κ1) is 11.9. The van der Waals surface area contributed by atoms with Gasteiger partial charge in [0.2, 0.25) is 5.89 Å². The molecule has 0 bridgehead atoms. The van der Waals surface area contributed by atoms with Crippen molar-refractivity contribution in [1.82, 2.24) is 20.1 Å². The second-order valence-electron chi connectivity index (χ2n) is 4.11. The van der Waals surface area contributed by atoms with Crippen LogP contribution in [0.3, 0.4) is 0 Å². The van der Waals surface area contributed by atoms with Crippen LogP contribution in [-0.4, -0.2) is 21.3 Å². The Labute approximate surface area is 101 Å². The molecule has 0 saturated heterocycles. The summed E-state index contributed by atoms with van der Waals surface area (Å²) in [5.41, 5.74) is 0.814. The van der Waals surface area contributed by atoms with Crippen molar-refractivity contribution in [2.24, 2.45) is 7.05 Å². The molecule has 0 amide bonds. The maximum absolute atomic E-state index is 5.69. The molecule has 5 heteroatoms. The first-order valence-corrected chi connectivity index (χ1v) is 5.90. The van der Waals surface area contributed by atoms with E-state index >= 15 is 0 Å². The average molecular weight is 234 g/mol. The lowest BCUT2D eigenvalue weighted by atomic mass is 10.3. The van der Waals surface area contributed by atoms with Gasteiger partial charge in [0.05, 0.1) is 12.2 Å². The predicted octanol–water partition coefficient (Wildman–Crippen LogP) is 2.14. The second kappa shape index (κ2) is 5.14. The standard InChI is InChI=1S/C12H18N4O/c1-4-6-13-9(2)12-14-8-11(17-12)10-5-7-16(3)15-10/h5,7-9,13H,4,6H2,1-3H3. The molecule has 0 aromatic carbocycles. The average Bonchev–Trinajstić information content (AvgIpc) is 2.93. The van der Waals surface area contributed by atoms with Crippen molar-refractivity contribution in [3.8, 4) is 11.5 Å². The number of oxazole rings is 1. The first-order chi connectivity index (χ1) is 8.20. The van der Waals surface area contributed by atoms with Gasteiger partial charge in [-0.05, 0) is 26.0 Å². The summed E-state index contributed by atoms with van der Waals surface area (Å²) in [6, 6.07) is 2.04. The van der Waals surface area contributed by atoms with Gasteiger partial charge in [-0.15, -0.1) is 0 Å². The lowest BCUT2D eigenvalue weighted by Crippen LogP contribution is -2.19. The molecule has 0 fully saturated rings. The van der Waals surface area contributed by atoms with Crippen LogP contribution in [0.5, 0.6) is 0 Å². The van der Waals surface area contributed by atoms with Crippen molar-refractivity contribution < 1.29 is 4.42 Å². The highest BCUT2D eigenvalue weighted by Crippen LogP contribution is 2.21. The molecule has 1 N–H and O–H groups in total. The van der Waals surface area contributed by atoms with Gasteiger partial charge in [0, 0.05) is 13.2 Å². The zero-order valence-electron chi connectivity index (χ0n) is 10.5. The molecule has 2 aromatic rings. The highest BCUT2D eigenvalue weighted by atomic mass is 16.4. The monoisotopic (exact) mass is 234 g/mol. The fourth-order valence-electron chi connectivity index (χ4n) is 1.60. The molecular formula is C12H18N4O. The van der Waals surface area contributed by atoms with Gasteiger partial charge in [0.25, 0.3) is 0 Å². The Morgan fingerprint density at radius 3 is 3.00 bits per heavy atom. The van der Waals surface area contributed by atoms with Crippen LogP contribution in [0.15, 0.2) is 22.9 Å². The molecule has 1 unspecified atom stereocenters. The number of aryl methyl sites for hydroxylation is 1. The Bertz CT molecular complexity index is 474. The van der Waals surface area contributed by atoms with Crippen LogP contribution in [0.1, 0.15) is 32.2 Å². The van der Waals surface area contributed by atoms with E-state index in [1.54, 1.807) is 10.9 Å². The van der Waals surface area contributed by atoms with E-state index in [4.69, 9.17) is 4.42 Å². The van der Waals surface area contributed by atoms with Gasteiger partial charge in [0.1, 0.15) is 5.69 Å². The predicted molar refractivity (Wildman–Crippen MR) is 65.4 cm³/mol. The molecule has 2 rings (SSSR count). The zero-order chi connectivity index (χ0) is 12.3. The summed E-state index contributed by atoms with van der Waals surface area (Å²) in [5.74, 6) is 1.42. The number of hydrogen-bond acceptors (Lipinski definition) is 4. The summed E-state index contributed by atoms with van der Waals surface area (Å²) in [6.45, 7) is 5.14. The Kier molecular flexibility index (Phi) is 3.58. The number of aromatic nitrogens is 3. The summed E-state index contributed by atoms with van der Waals surface area (Å²) in [4.78, 5) is 4.28. The fraction of sp³-hybridized carbons (Fsp3) is 0.500. The van der Waals surface area contributed by atoms with Gasteiger partial charge in [-0.3, -0.25) is 4.68 Å². The summed E-state index contributed by atoms with van der Waals surface area (Å²) >= 11 is 0. The smallest absolute Gasteiger partial charge is 0.211 e. The van der Waals surface area contributed by atoms with Crippen LogP contribution in [0, 0.1) is 0 Å². The molecule has 0 radical (unpaired) electrons. The Morgan fingerprint density at radius 1 is 1.53 bits per heavy atom. The van der Waals surface area contributed by atoms with Gasteiger partial charge >= 0.3 is 0 Å². The number of rotatable bonds is 5. The van der Waals surface area contributed by atoms with E-state index in [1.165, 1.54) is 0 Å².